The van der Waals surface area contributed by atoms with Crippen LogP contribution in [0.5, 0.6) is 0 Å². The van der Waals surface area contributed by atoms with Crippen molar-refractivity contribution in [3.8, 4) is 11.8 Å². The molecule has 0 amide bonds. The van der Waals surface area contributed by atoms with Gasteiger partial charge in [-0.05, 0) is 21.0 Å². The van der Waals surface area contributed by atoms with Gasteiger partial charge in [-0.3, -0.25) is 4.90 Å². The predicted octanol–water partition coefficient (Wildman–Crippen LogP) is 0.588. The standard InChI is InChI=1S/C8H15NO/c1-4-10-8-6-5-7-9(2)3/h4,7-8H2,1-3H3. The summed E-state index contributed by atoms with van der Waals surface area (Å²) in [6.07, 6.45) is 0. The van der Waals surface area contributed by atoms with Gasteiger partial charge in [0.15, 0.2) is 0 Å². The minimum Gasteiger partial charge on any atom is -0.369 e. The summed E-state index contributed by atoms with van der Waals surface area (Å²) in [7, 11) is 3.99. The van der Waals surface area contributed by atoms with E-state index in [0.717, 1.165) is 13.2 Å². The van der Waals surface area contributed by atoms with Gasteiger partial charge >= 0.3 is 0 Å². The second kappa shape index (κ2) is 6.60. The second-order valence-corrected chi connectivity index (χ2v) is 2.23. The van der Waals surface area contributed by atoms with Crippen molar-refractivity contribution < 1.29 is 4.74 Å². The minimum absolute atomic E-state index is 0.560. The van der Waals surface area contributed by atoms with Gasteiger partial charge in [0.1, 0.15) is 6.61 Å². The molecule has 0 fully saturated rings. The smallest absolute Gasteiger partial charge is 0.107 e. The quantitative estimate of drug-likeness (QED) is 0.421. The number of ether oxygens (including phenoxy) is 1. The Morgan fingerprint density at radius 2 is 2.00 bits per heavy atom. The molecule has 0 spiro atoms. The lowest BCUT2D eigenvalue weighted by Crippen LogP contribution is -2.10. The van der Waals surface area contributed by atoms with Gasteiger partial charge in [0.05, 0.1) is 6.54 Å². The largest absolute Gasteiger partial charge is 0.369 e. The Morgan fingerprint density at radius 3 is 2.50 bits per heavy atom. The molecule has 10 heavy (non-hydrogen) atoms. The van der Waals surface area contributed by atoms with E-state index in [1.807, 2.05) is 25.9 Å². The highest BCUT2D eigenvalue weighted by Crippen LogP contribution is 1.71. The second-order valence-electron chi connectivity index (χ2n) is 2.23. The highest BCUT2D eigenvalue weighted by molar-refractivity contribution is 5.00. The van der Waals surface area contributed by atoms with E-state index in [9.17, 15) is 0 Å². The minimum atomic E-state index is 0.560. The normalized spacial score (nSPS) is 9.20. The Balaban J connectivity index is 3.14. The third kappa shape index (κ3) is 7.48. The molecule has 0 aromatic rings. The lowest BCUT2D eigenvalue weighted by Gasteiger charge is -2.00. The molecule has 0 aromatic carbocycles. The van der Waals surface area contributed by atoms with Gasteiger partial charge in [-0.15, -0.1) is 0 Å². The fraction of sp³-hybridized carbons (Fsp3) is 0.750. The Bertz CT molecular complexity index is 121. The van der Waals surface area contributed by atoms with Gasteiger partial charge in [-0.1, -0.05) is 11.8 Å². The van der Waals surface area contributed by atoms with Crippen LogP contribution in [-0.2, 0) is 4.74 Å². The first kappa shape index (κ1) is 9.48. The van der Waals surface area contributed by atoms with Crippen LogP contribution in [0.15, 0.2) is 0 Å². The molecule has 0 aliphatic rings. The van der Waals surface area contributed by atoms with Crippen LogP contribution >= 0.6 is 0 Å². The number of hydrogen-bond acceptors (Lipinski definition) is 2. The van der Waals surface area contributed by atoms with E-state index in [4.69, 9.17) is 4.74 Å². The van der Waals surface area contributed by atoms with Crippen LogP contribution in [0.1, 0.15) is 6.92 Å². The van der Waals surface area contributed by atoms with Gasteiger partial charge in [0.2, 0.25) is 0 Å². The molecule has 0 unspecified atom stereocenters. The van der Waals surface area contributed by atoms with Gasteiger partial charge < -0.3 is 4.74 Å². The molecule has 58 valence electrons. The third-order valence-corrected chi connectivity index (χ3v) is 0.899. The van der Waals surface area contributed by atoms with Gasteiger partial charge in [-0.2, -0.15) is 0 Å². The van der Waals surface area contributed by atoms with Gasteiger partial charge in [-0.25, -0.2) is 0 Å². The SMILES string of the molecule is CCOCC#CCN(C)C. The highest BCUT2D eigenvalue weighted by Gasteiger charge is 1.79. The molecular weight excluding hydrogens is 126 g/mol. The van der Waals surface area contributed by atoms with Crippen molar-refractivity contribution in [2.24, 2.45) is 0 Å². The first-order valence-corrected chi connectivity index (χ1v) is 3.45. The Morgan fingerprint density at radius 1 is 1.30 bits per heavy atom. The zero-order valence-electron chi connectivity index (χ0n) is 6.98. The molecule has 2 heteroatoms. The maximum atomic E-state index is 5.02. The summed E-state index contributed by atoms with van der Waals surface area (Å²) >= 11 is 0. The maximum Gasteiger partial charge on any atom is 0.107 e. The van der Waals surface area contributed by atoms with Crippen LogP contribution in [0.3, 0.4) is 0 Å². The van der Waals surface area contributed by atoms with Crippen molar-refractivity contribution in [3.63, 3.8) is 0 Å². The van der Waals surface area contributed by atoms with Gasteiger partial charge in [0, 0.05) is 6.61 Å². The summed E-state index contributed by atoms with van der Waals surface area (Å²) in [5.74, 6) is 5.87. The Kier molecular flexibility index (Phi) is 6.25. The van der Waals surface area contributed by atoms with Gasteiger partial charge in [0.25, 0.3) is 0 Å². The van der Waals surface area contributed by atoms with E-state index in [0.29, 0.717) is 6.61 Å². The van der Waals surface area contributed by atoms with E-state index in [2.05, 4.69) is 11.8 Å². The fourth-order valence-electron chi connectivity index (χ4n) is 0.418. The Hall–Kier alpha value is -0.520. The molecule has 2 nitrogen and oxygen atoms in total. The molecule has 0 radical (unpaired) electrons. The number of rotatable bonds is 3. The van der Waals surface area contributed by atoms with E-state index in [1.165, 1.54) is 0 Å². The van der Waals surface area contributed by atoms with Crippen LogP contribution in [-0.4, -0.2) is 38.8 Å². The van der Waals surface area contributed by atoms with E-state index < -0.39 is 0 Å². The number of nitrogens with zero attached hydrogens (tertiary/aromatic N) is 1. The van der Waals surface area contributed by atoms with Crippen LogP contribution in [0, 0.1) is 11.8 Å². The molecule has 0 N–H and O–H groups in total. The lowest BCUT2D eigenvalue weighted by molar-refractivity contribution is 0.182. The third-order valence-electron chi connectivity index (χ3n) is 0.899. The zero-order valence-corrected chi connectivity index (χ0v) is 6.98. The van der Waals surface area contributed by atoms with Crippen LogP contribution < -0.4 is 0 Å². The molecule has 0 aromatic heterocycles. The lowest BCUT2D eigenvalue weighted by atomic mass is 10.5. The van der Waals surface area contributed by atoms with E-state index in [1.54, 1.807) is 0 Å². The topological polar surface area (TPSA) is 12.5 Å². The van der Waals surface area contributed by atoms with Crippen LogP contribution in [0.25, 0.3) is 0 Å². The van der Waals surface area contributed by atoms with E-state index in [-0.39, 0.29) is 0 Å². The van der Waals surface area contributed by atoms with Crippen molar-refractivity contribution in [1.29, 1.82) is 0 Å². The maximum absolute atomic E-state index is 5.02. The predicted molar refractivity (Wildman–Crippen MR) is 42.8 cm³/mol. The summed E-state index contributed by atoms with van der Waals surface area (Å²) in [6, 6.07) is 0. The average Bonchev–Trinajstić information content (AvgIpc) is 1.87. The average molecular weight is 141 g/mol. The molecule has 0 saturated heterocycles. The van der Waals surface area contributed by atoms with E-state index >= 15 is 0 Å². The summed E-state index contributed by atoms with van der Waals surface area (Å²) < 4.78 is 5.02. The monoisotopic (exact) mass is 141 g/mol. The molecule has 0 heterocycles. The van der Waals surface area contributed by atoms with Crippen molar-refractivity contribution in [2.45, 2.75) is 6.92 Å². The summed E-state index contributed by atoms with van der Waals surface area (Å²) in [6.45, 7) is 4.09. The van der Waals surface area contributed by atoms with Crippen molar-refractivity contribution in [1.82, 2.24) is 4.90 Å². The molecule has 0 aliphatic carbocycles. The molecule has 0 bridgehead atoms. The zero-order chi connectivity index (χ0) is 7.82. The van der Waals surface area contributed by atoms with Crippen LogP contribution in [0.4, 0.5) is 0 Å². The molecule has 0 atom stereocenters. The summed E-state index contributed by atoms with van der Waals surface area (Å²) in [4.78, 5) is 2.03. The fourth-order valence-corrected chi connectivity index (χ4v) is 0.418. The highest BCUT2D eigenvalue weighted by atomic mass is 16.5. The van der Waals surface area contributed by atoms with Crippen molar-refractivity contribution in [3.05, 3.63) is 0 Å². The summed E-state index contributed by atoms with van der Waals surface area (Å²) in [5, 5.41) is 0. The number of hydrogen-bond donors (Lipinski definition) is 0. The van der Waals surface area contributed by atoms with Crippen molar-refractivity contribution in [2.75, 3.05) is 33.9 Å². The molecule has 0 saturated carbocycles. The van der Waals surface area contributed by atoms with Crippen LogP contribution in [0.2, 0.25) is 0 Å². The molecular formula is C8H15NO. The van der Waals surface area contributed by atoms with Crippen molar-refractivity contribution >= 4 is 0 Å². The molecule has 0 aliphatic heterocycles. The summed E-state index contributed by atoms with van der Waals surface area (Å²) in [5.41, 5.74) is 0. The Labute approximate surface area is 63.2 Å². The molecule has 0 rings (SSSR count). The first-order valence-electron chi connectivity index (χ1n) is 3.45. The first-order chi connectivity index (χ1) is 4.77.